The fraction of sp³-hybridized carbons (Fsp3) is 0.350. The monoisotopic (exact) mass is 356 g/mol. The van der Waals surface area contributed by atoms with Gasteiger partial charge in [0.2, 0.25) is 0 Å². The van der Waals surface area contributed by atoms with Crippen molar-refractivity contribution in [3.63, 3.8) is 0 Å². The van der Waals surface area contributed by atoms with E-state index >= 15 is 0 Å². The minimum atomic E-state index is -0.240. The van der Waals surface area contributed by atoms with Crippen molar-refractivity contribution in [2.24, 2.45) is 5.92 Å². The van der Waals surface area contributed by atoms with Crippen LogP contribution in [0.4, 0.5) is 4.39 Å². The van der Waals surface area contributed by atoms with E-state index in [-0.39, 0.29) is 11.7 Å². The summed E-state index contributed by atoms with van der Waals surface area (Å²) in [5, 5.41) is 2.04. The van der Waals surface area contributed by atoms with Crippen molar-refractivity contribution >= 4 is 27.5 Å². The highest BCUT2D eigenvalue weighted by atomic mass is 32.1. The van der Waals surface area contributed by atoms with Crippen LogP contribution in [0, 0.1) is 11.7 Å². The topological polar surface area (TPSA) is 25.2 Å². The summed E-state index contributed by atoms with van der Waals surface area (Å²) in [5.74, 6) is 0.423. The maximum Gasteiger partial charge on any atom is 0.270 e. The number of hydrogen-bond acceptors (Lipinski definition) is 2. The van der Waals surface area contributed by atoms with Crippen LogP contribution in [0.15, 0.2) is 41.8 Å². The van der Waals surface area contributed by atoms with E-state index in [1.54, 1.807) is 23.5 Å². The Bertz CT molecular complexity index is 896. The fourth-order valence-corrected chi connectivity index (χ4v) is 4.46. The molecule has 0 radical (unpaired) electrons. The van der Waals surface area contributed by atoms with Gasteiger partial charge in [-0.3, -0.25) is 4.79 Å². The number of carbonyl (C=O) groups excluding carboxylic acids is 1. The summed E-state index contributed by atoms with van der Waals surface area (Å²) in [7, 11) is 0. The lowest BCUT2D eigenvalue weighted by Crippen LogP contribution is -2.40. The predicted octanol–water partition coefficient (Wildman–Crippen LogP) is 4.76. The Balaban J connectivity index is 1.69. The number of likely N-dealkylation sites (tertiary alicyclic amines) is 1. The molecule has 0 N–H and O–H groups in total. The van der Waals surface area contributed by atoms with E-state index in [0.717, 1.165) is 41.0 Å². The zero-order valence-electron chi connectivity index (χ0n) is 14.2. The summed E-state index contributed by atoms with van der Waals surface area (Å²) in [6.07, 6.45) is 2.26. The number of hydrogen-bond donors (Lipinski definition) is 0. The maximum atomic E-state index is 13.2. The highest BCUT2D eigenvalue weighted by Crippen LogP contribution is 2.28. The van der Waals surface area contributed by atoms with Gasteiger partial charge in [-0.05, 0) is 54.0 Å². The maximum absolute atomic E-state index is 13.2. The van der Waals surface area contributed by atoms with Gasteiger partial charge in [0.25, 0.3) is 5.91 Å². The van der Waals surface area contributed by atoms with Gasteiger partial charge in [0.05, 0.1) is 10.2 Å². The molecule has 1 amide bonds. The number of aromatic nitrogens is 1. The Labute approximate surface area is 150 Å². The molecule has 1 aliphatic rings. The molecule has 3 aromatic rings. The Morgan fingerprint density at radius 2 is 2.08 bits per heavy atom. The first-order chi connectivity index (χ1) is 12.1. The molecule has 1 unspecified atom stereocenters. The number of benzene rings is 1. The second kappa shape index (κ2) is 6.64. The van der Waals surface area contributed by atoms with Crippen LogP contribution < -0.4 is 0 Å². The van der Waals surface area contributed by atoms with Crippen molar-refractivity contribution in [2.45, 2.75) is 26.3 Å². The van der Waals surface area contributed by atoms with Crippen LogP contribution in [0.3, 0.4) is 0 Å². The molecule has 130 valence electrons. The lowest BCUT2D eigenvalue weighted by Gasteiger charge is -2.31. The second-order valence-electron chi connectivity index (χ2n) is 6.91. The summed E-state index contributed by atoms with van der Waals surface area (Å²) in [6, 6.07) is 10.6. The number of amides is 1. The fourth-order valence-electron chi connectivity index (χ4n) is 3.63. The highest BCUT2D eigenvalue weighted by molar-refractivity contribution is 7.17. The standard InChI is InChI=1S/C20H21FN2OS/c1-14-3-2-9-22(12-14)20(24)18-11-19-17(8-10-25-19)23(18)13-15-4-6-16(21)7-5-15/h4-8,10-11,14H,2-3,9,12-13H2,1H3. The van der Waals surface area contributed by atoms with Crippen LogP contribution in [0.5, 0.6) is 0 Å². The van der Waals surface area contributed by atoms with Crippen molar-refractivity contribution in [2.75, 3.05) is 13.1 Å². The average molecular weight is 356 g/mol. The molecule has 5 heteroatoms. The summed E-state index contributed by atoms with van der Waals surface area (Å²) in [5.41, 5.74) is 2.80. The molecule has 3 nitrogen and oxygen atoms in total. The quantitative estimate of drug-likeness (QED) is 0.664. The lowest BCUT2D eigenvalue weighted by molar-refractivity contribution is 0.0673. The van der Waals surface area contributed by atoms with E-state index in [2.05, 4.69) is 17.6 Å². The van der Waals surface area contributed by atoms with Gasteiger partial charge < -0.3 is 9.47 Å². The lowest BCUT2D eigenvalue weighted by atomic mass is 10.00. The molecular formula is C20H21FN2OS. The van der Waals surface area contributed by atoms with Crippen molar-refractivity contribution in [3.8, 4) is 0 Å². The molecule has 0 saturated carbocycles. The zero-order chi connectivity index (χ0) is 17.4. The SMILES string of the molecule is CC1CCCN(C(=O)c2cc3sccc3n2Cc2ccc(F)cc2)C1. The second-order valence-corrected chi connectivity index (χ2v) is 7.86. The van der Waals surface area contributed by atoms with E-state index in [1.165, 1.54) is 18.6 Å². The van der Waals surface area contributed by atoms with Crippen molar-refractivity contribution in [3.05, 3.63) is 58.9 Å². The third-order valence-electron chi connectivity index (χ3n) is 4.94. The summed E-state index contributed by atoms with van der Waals surface area (Å²) < 4.78 is 16.4. The van der Waals surface area contributed by atoms with Crippen LogP contribution in [-0.4, -0.2) is 28.5 Å². The molecule has 1 atom stereocenters. The molecule has 1 aromatic carbocycles. The van der Waals surface area contributed by atoms with E-state index in [4.69, 9.17) is 0 Å². The number of rotatable bonds is 3. The van der Waals surface area contributed by atoms with Crippen molar-refractivity contribution in [1.29, 1.82) is 0 Å². The predicted molar refractivity (Wildman–Crippen MR) is 99.6 cm³/mol. The molecule has 25 heavy (non-hydrogen) atoms. The molecule has 0 aliphatic carbocycles. The summed E-state index contributed by atoms with van der Waals surface area (Å²) in [4.78, 5) is 15.1. The Hall–Kier alpha value is -2.14. The normalized spacial score (nSPS) is 18.0. The number of thiophene rings is 1. The van der Waals surface area contributed by atoms with Gasteiger partial charge in [0.15, 0.2) is 0 Å². The number of nitrogens with zero attached hydrogens (tertiary/aromatic N) is 2. The van der Waals surface area contributed by atoms with Crippen LogP contribution >= 0.6 is 11.3 Å². The first-order valence-corrected chi connectivity index (χ1v) is 9.60. The first-order valence-electron chi connectivity index (χ1n) is 8.72. The van der Waals surface area contributed by atoms with Gasteiger partial charge in [-0.15, -0.1) is 11.3 Å². The van der Waals surface area contributed by atoms with Crippen LogP contribution in [0.2, 0.25) is 0 Å². The summed E-state index contributed by atoms with van der Waals surface area (Å²) in [6.45, 7) is 4.44. The van der Waals surface area contributed by atoms with Crippen molar-refractivity contribution < 1.29 is 9.18 Å². The van der Waals surface area contributed by atoms with Gasteiger partial charge >= 0.3 is 0 Å². The van der Waals surface area contributed by atoms with E-state index in [0.29, 0.717) is 12.5 Å². The molecule has 1 saturated heterocycles. The van der Waals surface area contributed by atoms with Gasteiger partial charge in [-0.25, -0.2) is 4.39 Å². The van der Waals surface area contributed by atoms with Gasteiger partial charge in [-0.2, -0.15) is 0 Å². The molecule has 3 heterocycles. The molecular weight excluding hydrogens is 335 g/mol. The zero-order valence-corrected chi connectivity index (χ0v) is 15.1. The third-order valence-corrected chi connectivity index (χ3v) is 5.79. The minimum Gasteiger partial charge on any atom is -0.337 e. The van der Waals surface area contributed by atoms with E-state index in [1.807, 2.05) is 16.3 Å². The third kappa shape index (κ3) is 3.21. The molecule has 1 fully saturated rings. The van der Waals surface area contributed by atoms with Gasteiger partial charge in [-0.1, -0.05) is 19.1 Å². The smallest absolute Gasteiger partial charge is 0.270 e. The molecule has 4 rings (SSSR count). The van der Waals surface area contributed by atoms with Crippen LogP contribution in [0.25, 0.3) is 10.2 Å². The first kappa shape index (κ1) is 16.3. The minimum absolute atomic E-state index is 0.108. The number of piperidine rings is 1. The largest absolute Gasteiger partial charge is 0.337 e. The van der Waals surface area contributed by atoms with E-state index in [9.17, 15) is 9.18 Å². The van der Waals surface area contributed by atoms with Crippen LogP contribution in [-0.2, 0) is 6.54 Å². The molecule has 0 bridgehead atoms. The molecule has 1 aliphatic heterocycles. The van der Waals surface area contributed by atoms with Gasteiger partial charge in [0.1, 0.15) is 11.5 Å². The summed E-state index contributed by atoms with van der Waals surface area (Å²) >= 11 is 1.65. The van der Waals surface area contributed by atoms with Crippen molar-refractivity contribution in [1.82, 2.24) is 9.47 Å². The molecule has 0 spiro atoms. The molecule has 2 aromatic heterocycles. The van der Waals surface area contributed by atoms with Crippen LogP contribution in [0.1, 0.15) is 35.8 Å². The number of halogens is 1. The number of carbonyl (C=O) groups is 1. The average Bonchev–Trinajstić information content (AvgIpc) is 3.19. The Kier molecular flexibility index (Phi) is 4.34. The Morgan fingerprint density at radius 3 is 2.84 bits per heavy atom. The van der Waals surface area contributed by atoms with E-state index < -0.39 is 0 Å². The highest BCUT2D eigenvalue weighted by Gasteiger charge is 2.25. The Morgan fingerprint density at radius 1 is 1.28 bits per heavy atom. The number of fused-ring (bicyclic) bond motifs is 1. The van der Waals surface area contributed by atoms with Gasteiger partial charge in [0, 0.05) is 19.6 Å².